The number of hydrogen-bond acceptors (Lipinski definition) is 3. The Balaban J connectivity index is 1.68. The summed E-state index contributed by atoms with van der Waals surface area (Å²) in [7, 11) is 0. The van der Waals surface area contributed by atoms with Gasteiger partial charge in [0.1, 0.15) is 11.5 Å². The molecule has 0 spiro atoms. The fourth-order valence-electron chi connectivity index (χ4n) is 1.65. The first-order valence-corrected chi connectivity index (χ1v) is 6.86. The molecule has 84 valence electrons. The average Bonchev–Trinajstić information content (AvgIpc) is 2.99. The lowest BCUT2D eigenvalue weighted by molar-refractivity contribution is 0.485. The van der Waals surface area contributed by atoms with Gasteiger partial charge in [0.05, 0.1) is 5.75 Å². The van der Waals surface area contributed by atoms with Crippen LogP contribution in [0.2, 0.25) is 0 Å². The summed E-state index contributed by atoms with van der Waals surface area (Å²) in [6.45, 7) is 2.11. The van der Waals surface area contributed by atoms with Gasteiger partial charge in [0, 0.05) is 18.2 Å². The first kappa shape index (κ1) is 11.1. The van der Waals surface area contributed by atoms with Gasteiger partial charge in [-0.25, -0.2) is 0 Å². The van der Waals surface area contributed by atoms with Crippen LogP contribution in [0.4, 0.5) is 0 Å². The van der Waals surface area contributed by atoms with E-state index in [0.29, 0.717) is 6.04 Å². The van der Waals surface area contributed by atoms with Crippen LogP contribution in [0.15, 0.2) is 16.5 Å². The summed E-state index contributed by atoms with van der Waals surface area (Å²) in [5.74, 6) is 4.99. The highest BCUT2D eigenvalue weighted by Gasteiger charge is 2.28. The van der Waals surface area contributed by atoms with Crippen molar-refractivity contribution in [1.29, 1.82) is 0 Å². The van der Waals surface area contributed by atoms with Crippen molar-refractivity contribution in [3.63, 3.8) is 0 Å². The normalized spacial score (nSPS) is 18.0. The number of aryl methyl sites for hydroxylation is 1. The van der Waals surface area contributed by atoms with Gasteiger partial charge in [-0.2, -0.15) is 11.8 Å². The fourth-order valence-corrected chi connectivity index (χ4v) is 2.66. The van der Waals surface area contributed by atoms with Crippen molar-refractivity contribution < 1.29 is 4.42 Å². The number of nitrogens with two attached hydrogens (primary N) is 1. The summed E-state index contributed by atoms with van der Waals surface area (Å²) < 4.78 is 5.63. The molecule has 1 unspecified atom stereocenters. The summed E-state index contributed by atoms with van der Waals surface area (Å²) >= 11 is 1.89. The van der Waals surface area contributed by atoms with Crippen LogP contribution >= 0.6 is 11.8 Å². The highest BCUT2D eigenvalue weighted by Crippen LogP contribution is 2.33. The van der Waals surface area contributed by atoms with Gasteiger partial charge in [-0.05, 0) is 30.9 Å². The van der Waals surface area contributed by atoms with Gasteiger partial charge in [-0.15, -0.1) is 0 Å². The molecule has 2 rings (SSSR count). The van der Waals surface area contributed by atoms with E-state index in [4.69, 9.17) is 10.2 Å². The van der Waals surface area contributed by atoms with E-state index in [1.54, 1.807) is 0 Å². The molecule has 0 radical (unpaired) electrons. The average molecular weight is 225 g/mol. The SMILES string of the molecule is CCc1ccc(CSCC(N)C2CC2)o1. The molecule has 1 heterocycles. The van der Waals surface area contributed by atoms with Crippen molar-refractivity contribution in [1.82, 2.24) is 0 Å². The third kappa shape index (κ3) is 3.28. The quantitative estimate of drug-likeness (QED) is 0.809. The van der Waals surface area contributed by atoms with Crippen molar-refractivity contribution >= 4 is 11.8 Å². The third-order valence-electron chi connectivity index (χ3n) is 2.85. The minimum absolute atomic E-state index is 0.399. The van der Waals surface area contributed by atoms with Gasteiger partial charge < -0.3 is 10.2 Å². The van der Waals surface area contributed by atoms with E-state index in [9.17, 15) is 0 Å². The molecule has 1 aliphatic rings. The molecule has 2 nitrogen and oxygen atoms in total. The molecular formula is C12H19NOS. The zero-order valence-electron chi connectivity index (χ0n) is 9.24. The molecule has 3 heteroatoms. The Hall–Kier alpha value is -0.410. The highest BCUT2D eigenvalue weighted by molar-refractivity contribution is 7.98. The van der Waals surface area contributed by atoms with E-state index < -0.39 is 0 Å². The van der Waals surface area contributed by atoms with E-state index in [2.05, 4.69) is 19.1 Å². The monoisotopic (exact) mass is 225 g/mol. The predicted molar refractivity (Wildman–Crippen MR) is 64.9 cm³/mol. The van der Waals surface area contributed by atoms with Crippen LogP contribution in [0, 0.1) is 5.92 Å². The summed E-state index contributed by atoms with van der Waals surface area (Å²) in [5, 5.41) is 0. The third-order valence-corrected chi connectivity index (χ3v) is 3.96. The van der Waals surface area contributed by atoms with Crippen molar-refractivity contribution in [2.75, 3.05) is 5.75 Å². The van der Waals surface area contributed by atoms with Crippen LogP contribution in [-0.4, -0.2) is 11.8 Å². The maximum Gasteiger partial charge on any atom is 0.114 e. The molecule has 1 aliphatic carbocycles. The Morgan fingerprint density at radius 2 is 2.20 bits per heavy atom. The number of rotatable bonds is 6. The summed E-state index contributed by atoms with van der Waals surface area (Å²) in [6, 6.07) is 4.54. The van der Waals surface area contributed by atoms with Crippen LogP contribution in [0.1, 0.15) is 31.3 Å². The lowest BCUT2D eigenvalue weighted by atomic mass is 10.2. The molecule has 0 aliphatic heterocycles. The molecule has 1 fully saturated rings. The van der Waals surface area contributed by atoms with Crippen molar-refractivity contribution in [3.05, 3.63) is 23.7 Å². The van der Waals surface area contributed by atoms with Gasteiger partial charge in [-0.3, -0.25) is 0 Å². The summed E-state index contributed by atoms with van der Waals surface area (Å²) in [5.41, 5.74) is 6.02. The molecule has 1 aromatic rings. The minimum atomic E-state index is 0.399. The van der Waals surface area contributed by atoms with Crippen LogP contribution in [0.3, 0.4) is 0 Å². The zero-order valence-corrected chi connectivity index (χ0v) is 10.1. The summed E-state index contributed by atoms with van der Waals surface area (Å²) in [6.07, 6.45) is 3.65. The largest absolute Gasteiger partial charge is 0.465 e. The van der Waals surface area contributed by atoms with Crippen molar-refractivity contribution in [2.45, 2.75) is 38.0 Å². The van der Waals surface area contributed by atoms with Crippen LogP contribution in [-0.2, 0) is 12.2 Å². The molecule has 0 amide bonds. The Labute approximate surface area is 95.6 Å². The van der Waals surface area contributed by atoms with Gasteiger partial charge in [0.25, 0.3) is 0 Å². The smallest absolute Gasteiger partial charge is 0.114 e. The second-order valence-corrected chi connectivity index (χ2v) is 5.27. The van der Waals surface area contributed by atoms with Gasteiger partial charge in [-0.1, -0.05) is 6.92 Å². The first-order chi connectivity index (χ1) is 7.29. The van der Waals surface area contributed by atoms with Crippen molar-refractivity contribution in [3.8, 4) is 0 Å². The topological polar surface area (TPSA) is 39.2 Å². The lowest BCUT2D eigenvalue weighted by Crippen LogP contribution is -2.25. The predicted octanol–water partition coefficient (Wildman–Crippen LogP) is 2.81. The molecule has 2 N–H and O–H groups in total. The van der Waals surface area contributed by atoms with E-state index in [1.165, 1.54) is 12.8 Å². The van der Waals surface area contributed by atoms with Crippen LogP contribution < -0.4 is 5.73 Å². The van der Waals surface area contributed by atoms with E-state index in [1.807, 2.05) is 11.8 Å². The van der Waals surface area contributed by atoms with Gasteiger partial charge >= 0.3 is 0 Å². The standard InChI is InChI=1S/C12H19NOS/c1-2-10-5-6-11(14-10)7-15-8-12(13)9-3-4-9/h5-6,9,12H,2-4,7-8,13H2,1H3. The molecule has 0 bridgehead atoms. The van der Waals surface area contributed by atoms with Gasteiger partial charge in [0.2, 0.25) is 0 Å². The highest BCUT2D eigenvalue weighted by atomic mass is 32.2. The number of hydrogen-bond donors (Lipinski definition) is 1. The zero-order chi connectivity index (χ0) is 10.7. The van der Waals surface area contributed by atoms with E-state index >= 15 is 0 Å². The maximum absolute atomic E-state index is 6.02. The van der Waals surface area contributed by atoms with E-state index in [-0.39, 0.29) is 0 Å². The molecule has 1 saturated carbocycles. The lowest BCUT2D eigenvalue weighted by Gasteiger charge is -2.08. The Morgan fingerprint density at radius 3 is 2.80 bits per heavy atom. The Morgan fingerprint density at radius 1 is 1.47 bits per heavy atom. The second kappa shape index (κ2) is 5.08. The maximum atomic E-state index is 6.02. The van der Waals surface area contributed by atoms with Crippen LogP contribution in [0.5, 0.6) is 0 Å². The second-order valence-electron chi connectivity index (χ2n) is 4.24. The summed E-state index contributed by atoms with van der Waals surface area (Å²) in [4.78, 5) is 0. The molecule has 15 heavy (non-hydrogen) atoms. The fraction of sp³-hybridized carbons (Fsp3) is 0.667. The molecular weight excluding hydrogens is 206 g/mol. The number of thioether (sulfide) groups is 1. The molecule has 0 aromatic carbocycles. The van der Waals surface area contributed by atoms with Gasteiger partial charge in [0.15, 0.2) is 0 Å². The minimum Gasteiger partial charge on any atom is -0.465 e. The number of furan rings is 1. The van der Waals surface area contributed by atoms with Crippen LogP contribution in [0.25, 0.3) is 0 Å². The van der Waals surface area contributed by atoms with Crippen molar-refractivity contribution in [2.24, 2.45) is 11.7 Å². The molecule has 0 saturated heterocycles. The first-order valence-electron chi connectivity index (χ1n) is 5.70. The molecule has 1 atom stereocenters. The molecule has 1 aromatic heterocycles. The van der Waals surface area contributed by atoms with E-state index in [0.717, 1.165) is 35.4 Å². The Kier molecular flexibility index (Phi) is 3.76. The Bertz CT molecular complexity index is 306.